The Morgan fingerprint density at radius 2 is 2.04 bits per heavy atom. The van der Waals surface area contributed by atoms with E-state index >= 15 is 0 Å². The van der Waals surface area contributed by atoms with Gasteiger partial charge in [-0.3, -0.25) is 0 Å². The van der Waals surface area contributed by atoms with Gasteiger partial charge in [0.05, 0.1) is 17.0 Å². The lowest BCUT2D eigenvalue weighted by Crippen LogP contribution is -2.43. The van der Waals surface area contributed by atoms with Gasteiger partial charge in [-0.05, 0) is 50.8 Å². The van der Waals surface area contributed by atoms with Crippen molar-refractivity contribution in [1.29, 1.82) is 5.26 Å². The molecule has 2 heterocycles. The monoisotopic (exact) mass is 385 g/mol. The first-order valence-electron chi connectivity index (χ1n) is 9.54. The van der Waals surface area contributed by atoms with Crippen LogP contribution in [0, 0.1) is 24.2 Å². The van der Waals surface area contributed by atoms with Gasteiger partial charge in [0.15, 0.2) is 0 Å². The van der Waals surface area contributed by atoms with Gasteiger partial charge in [0.1, 0.15) is 12.1 Å². The number of hydrogen-bond donors (Lipinski definition) is 0. The molecule has 1 aliphatic heterocycles. The van der Waals surface area contributed by atoms with Gasteiger partial charge in [0.2, 0.25) is 0 Å². The van der Waals surface area contributed by atoms with Crippen LogP contribution in [0.25, 0.3) is 16.6 Å². The van der Waals surface area contributed by atoms with Crippen LogP contribution in [0.3, 0.4) is 0 Å². The lowest BCUT2D eigenvalue weighted by Gasteiger charge is -2.35. The molecule has 1 atom stereocenters. The van der Waals surface area contributed by atoms with Gasteiger partial charge in [0.25, 0.3) is 0 Å². The molecule has 0 saturated heterocycles. The number of aromatic nitrogens is 1. The Morgan fingerprint density at radius 1 is 1.29 bits per heavy atom. The Kier molecular flexibility index (Phi) is 4.49. The summed E-state index contributed by atoms with van der Waals surface area (Å²) >= 11 is 0. The maximum atomic E-state index is 13.5. The van der Waals surface area contributed by atoms with Crippen LogP contribution in [0.2, 0.25) is 0 Å². The molecule has 3 nitrogen and oxygen atoms in total. The molecule has 0 N–H and O–H groups in total. The summed E-state index contributed by atoms with van der Waals surface area (Å²) in [6.07, 6.45) is 3.09. The van der Waals surface area contributed by atoms with E-state index in [1.54, 1.807) is 18.2 Å². The molecule has 1 fully saturated rings. The summed E-state index contributed by atoms with van der Waals surface area (Å²) in [6, 6.07) is 6.57. The Bertz CT molecular complexity index is 1020. The molecule has 6 heteroatoms. The maximum absolute atomic E-state index is 13.5. The second kappa shape index (κ2) is 6.73. The molecule has 1 aromatic carbocycles. The molecule has 1 aromatic heterocycles. The molecule has 146 valence electrons. The molecule has 0 spiro atoms. The second-order valence-corrected chi connectivity index (χ2v) is 7.76. The van der Waals surface area contributed by atoms with E-state index in [9.17, 15) is 18.4 Å². The first-order valence-corrected chi connectivity index (χ1v) is 9.54. The van der Waals surface area contributed by atoms with Gasteiger partial charge >= 0.3 is 6.18 Å². The number of aryl methyl sites for hydroxylation is 1. The van der Waals surface area contributed by atoms with Crippen molar-refractivity contribution in [3.63, 3.8) is 0 Å². The Labute approximate surface area is 162 Å². The van der Waals surface area contributed by atoms with E-state index < -0.39 is 12.2 Å². The van der Waals surface area contributed by atoms with Crippen molar-refractivity contribution in [2.45, 2.75) is 45.5 Å². The first kappa shape index (κ1) is 18.7. The predicted molar refractivity (Wildman–Crippen MR) is 103 cm³/mol. The number of nitrogens with zero attached hydrogens (tertiary/aromatic N) is 3. The Morgan fingerprint density at radius 3 is 2.68 bits per heavy atom. The zero-order chi connectivity index (χ0) is 20.1. The van der Waals surface area contributed by atoms with Crippen molar-refractivity contribution < 1.29 is 13.2 Å². The minimum Gasteiger partial charge on any atom is -0.354 e. The third-order valence-corrected chi connectivity index (χ3v) is 5.65. The minimum atomic E-state index is -4.35. The summed E-state index contributed by atoms with van der Waals surface area (Å²) in [5.74, 6) is 0.524. The number of allylic oxidation sites excluding steroid dienone is 2. The predicted octanol–water partition coefficient (Wildman–Crippen LogP) is 5.39. The van der Waals surface area contributed by atoms with E-state index in [2.05, 4.69) is 10.6 Å². The van der Waals surface area contributed by atoms with Gasteiger partial charge in [-0.15, -0.1) is 0 Å². The molecule has 2 aliphatic rings. The number of halogens is 3. The fraction of sp³-hybridized carbons (Fsp3) is 0.409. The van der Waals surface area contributed by atoms with Gasteiger partial charge in [-0.2, -0.15) is 18.4 Å². The van der Waals surface area contributed by atoms with E-state index in [1.807, 2.05) is 25.1 Å². The summed E-state index contributed by atoms with van der Waals surface area (Å²) in [4.78, 5) is 1.35. The van der Waals surface area contributed by atoms with Crippen molar-refractivity contribution in [3.8, 4) is 6.07 Å². The lowest BCUT2D eigenvalue weighted by atomic mass is 10.0. The van der Waals surface area contributed by atoms with Crippen LogP contribution in [-0.4, -0.2) is 28.2 Å². The number of hydrogen-bond acceptors (Lipinski definition) is 2. The van der Waals surface area contributed by atoms with Crippen LogP contribution in [-0.2, 0) is 6.54 Å². The van der Waals surface area contributed by atoms with Gasteiger partial charge in [0, 0.05) is 24.0 Å². The zero-order valence-electron chi connectivity index (χ0n) is 15.9. The van der Waals surface area contributed by atoms with Crippen LogP contribution in [0.4, 0.5) is 13.2 Å². The minimum absolute atomic E-state index is 0.168. The first-order chi connectivity index (χ1) is 13.3. The SMILES string of the molecule is Cc1ccc2c(c1)c(C#N)c(C1=CC=CCN1[C@H](C)C(F)(F)F)n2CC1CC1. The second-order valence-electron chi connectivity index (χ2n) is 7.76. The lowest BCUT2D eigenvalue weighted by molar-refractivity contribution is -0.169. The van der Waals surface area contributed by atoms with Crippen molar-refractivity contribution in [2.24, 2.45) is 5.92 Å². The fourth-order valence-corrected chi connectivity index (χ4v) is 3.88. The summed E-state index contributed by atoms with van der Waals surface area (Å²) in [6.45, 7) is 4.03. The molecule has 28 heavy (non-hydrogen) atoms. The van der Waals surface area contributed by atoms with E-state index in [-0.39, 0.29) is 6.54 Å². The smallest absolute Gasteiger partial charge is 0.354 e. The molecular formula is C22H22F3N3. The van der Waals surface area contributed by atoms with Crippen LogP contribution in [0.1, 0.15) is 36.6 Å². The summed E-state index contributed by atoms with van der Waals surface area (Å²) < 4.78 is 42.6. The topological polar surface area (TPSA) is 32.0 Å². The van der Waals surface area contributed by atoms with Crippen molar-refractivity contribution in [1.82, 2.24) is 9.47 Å². The molecule has 1 aliphatic carbocycles. The Balaban J connectivity index is 1.94. The van der Waals surface area contributed by atoms with Gasteiger partial charge < -0.3 is 9.47 Å². The summed E-state index contributed by atoms with van der Waals surface area (Å²) in [5, 5.41) is 10.7. The average molecular weight is 385 g/mol. The Hall–Kier alpha value is -2.68. The highest BCUT2D eigenvalue weighted by atomic mass is 19.4. The number of nitriles is 1. The number of alkyl halides is 3. The molecule has 0 bridgehead atoms. The summed E-state index contributed by atoms with van der Waals surface area (Å²) in [5.41, 5.74) is 3.48. The van der Waals surface area contributed by atoms with E-state index in [1.165, 1.54) is 11.8 Å². The maximum Gasteiger partial charge on any atom is 0.408 e. The number of rotatable bonds is 4. The third kappa shape index (κ3) is 3.19. The van der Waals surface area contributed by atoms with E-state index in [0.29, 0.717) is 22.9 Å². The highest BCUT2D eigenvalue weighted by Crippen LogP contribution is 2.40. The van der Waals surface area contributed by atoms with Gasteiger partial charge in [-0.1, -0.05) is 23.8 Å². The van der Waals surface area contributed by atoms with Crippen LogP contribution < -0.4 is 0 Å². The van der Waals surface area contributed by atoms with Gasteiger partial charge in [-0.25, -0.2) is 0 Å². The largest absolute Gasteiger partial charge is 0.408 e. The van der Waals surface area contributed by atoms with Crippen molar-refractivity contribution >= 4 is 16.6 Å². The quantitative estimate of drug-likeness (QED) is 0.706. The molecular weight excluding hydrogens is 363 g/mol. The molecule has 4 rings (SSSR count). The van der Waals surface area contributed by atoms with Crippen LogP contribution in [0.5, 0.6) is 0 Å². The highest BCUT2D eigenvalue weighted by molar-refractivity contribution is 5.93. The fourth-order valence-electron chi connectivity index (χ4n) is 3.88. The number of benzene rings is 1. The van der Waals surface area contributed by atoms with Crippen LogP contribution >= 0.6 is 0 Å². The zero-order valence-corrected chi connectivity index (χ0v) is 15.9. The molecule has 1 saturated carbocycles. The van der Waals surface area contributed by atoms with Crippen molar-refractivity contribution in [3.05, 3.63) is 53.2 Å². The molecule has 0 amide bonds. The van der Waals surface area contributed by atoms with E-state index in [4.69, 9.17) is 0 Å². The number of fused-ring (bicyclic) bond motifs is 1. The van der Waals surface area contributed by atoms with Crippen molar-refractivity contribution in [2.75, 3.05) is 6.54 Å². The molecule has 0 radical (unpaired) electrons. The average Bonchev–Trinajstić information content (AvgIpc) is 3.42. The molecule has 2 aromatic rings. The normalized spacial score (nSPS) is 18.3. The molecule has 0 unspecified atom stereocenters. The third-order valence-electron chi connectivity index (χ3n) is 5.65. The highest BCUT2D eigenvalue weighted by Gasteiger charge is 2.42. The summed E-state index contributed by atoms with van der Waals surface area (Å²) in [7, 11) is 0. The van der Waals surface area contributed by atoms with Crippen LogP contribution in [0.15, 0.2) is 36.4 Å². The van der Waals surface area contributed by atoms with E-state index in [0.717, 1.165) is 35.9 Å². The standard InChI is InChI=1S/C22H22F3N3/c1-14-6-9-19-17(11-14)18(12-26)21(28(19)13-16-7-8-16)20-5-3-4-10-27(20)15(2)22(23,24)25/h3-6,9,11,15-16H,7-8,10,13H2,1-2H3/t15-/m1/s1.